The van der Waals surface area contributed by atoms with Gasteiger partial charge in [-0.3, -0.25) is 9.69 Å². The van der Waals surface area contributed by atoms with Crippen LogP contribution in [-0.4, -0.2) is 67.7 Å². The average molecular weight is 464 g/mol. The first kappa shape index (κ1) is 22.8. The summed E-state index contributed by atoms with van der Waals surface area (Å²) in [7, 11) is -3.77. The Morgan fingerprint density at radius 3 is 2.31 bits per heavy atom. The molecule has 2 fully saturated rings. The predicted molar refractivity (Wildman–Crippen MR) is 116 cm³/mol. The molecule has 6 nitrogen and oxygen atoms in total. The standard InChI is InChI=1S/C23H27F2N3O3S/c24-20-7-9-21(10-8-20)32(30,31)28-11-3-5-19(17-28)23(29)27-14-12-26(13-15-27)16-18-4-1-2-6-22(18)25/h1-2,4,6-10,19H,3,5,11-17H2/t19-/m0/s1. The maximum atomic E-state index is 13.9. The molecule has 2 aromatic carbocycles. The minimum absolute atomic E-state index is 0.0328. The van der Waals surface area contributed by atoms with E-state index in [9.17, 15) is 22.0 Å². The zero-order valence-electron chi connectivity index (χ0n) is 17.8. The first-order valence-electron chi connectivity index (χ1n) is 10.8. The van der Waals surface area contributed by atoms with Crippen molar-refractivity contribution in [3.63, 3.8) is 0 Å². The summed E-state index contributed by atoms with van der Waals surface area (Å²) in [6.07, 6.45) is 1.24. The molecule has 0 unspecified atom stereocenters. The van der Waals surface area contributed by atoms with Crippen LogP contribution in [0.4, 0.5) is 8.78 Å². The van der Waals surface area contributed by atoms with Crippen molar-refractivity contribution in [2.75, 3.05) is 39.3 Å². The molecule has 0 N–H and O–H groups in total. The third kappa shape index (κ3) is 5.00. The third-order valence-corrected chi connectivity index (χ3v) is 8.10. The maximum absolute atomic E-state index is 13.9. The quantitative estimate of drug-likeness (QED) is 0.684. The lowest BCUT2D eigenvalue weighted by molar-refractivity contribution is -0.138. The van der Waals surface area contributed by atoms with Crippen LogP contribution in [0, 0.1) is 17.6 Å². The Bertz CT molecular complexity index is 1050. The monoisotopic (exact) mass is 463 g/mol. The lowest BCUT2D eigenvalue weighted by atomic mass is 9.97. The molecule has 0 aliphatic carbocycles. The highest BCUT2D eigenvalue weighted by molar-refractivity contribution is 7.89. The van der Waals surface area contributed by atoms with Crippen molar-refractivity contribution in [3.8, 4) is 0 Å². The molecular weight excluding hydrogens is 436 g/mol. The largest absolute Gasteiger partial charge is 0.340 e. The molecule has 1 atom stereocenters. The second kappa shape index (κ2) is 9.64. The third-order valence-electron chi connectivity index (χ3n) is 6.22. The predicted octanol–water partition coefficient (Wildman–Crippen LogP) is 2.71. The Labute approximate surface area is 187 Å². The zero-order chi connectivity index (χ0) is 22.7. The van der Waals surface area contributed by atoms with E-state index in [1.165, 1.54) is 22.5 Å². The van der Waals surface area contributed by atoms with Crippen LogP contribution in [0.5, 0.6) is 0 Å². The van der Waals surface area contributed by atoms with Crippen molar-refractivity contribution < 1.29 is 22.0 Å². The van der Waals surface area contributed by atoms with E-state index in [0.29, 0.717) is 57.7 Å². The normalized spacial score (nSPS) is 20.9. The second-order valence-electron chi connectivity index (χ2n) is 8.35. The van der Waals surface area contributed by atoms with Gasteiger partial charge in [-0.25, -0.2) is 17.2 Å². The van der Waals surface area contributed by atoms with Crippen LogP contribution < -0.4 is 0 Å². The summed E-state index contributed by atoms with van der Waals surface area (Å²) in [5.74, 6) is -1.15. The van der Waals surface area contributed by atoms with Crippen molar-refractivity contribution >= 4 is 15.9 Å². The Hall–Kier alpha value is -2.36. The molecule has 0 saturated carbocycles. The van der Waals surface area contributed by atoms with Gasteiger partial charge < -0.3 is 4.90 Å². The van der Waals surface area contributed by atoms with Gasteiger partial charge in [0.2, 0.25) is 15.9 Å². The van der Waals surface area contributed by atoms with Crippen LogP contribution in [0.1, 0.15) is 18.4 Å². The number of piperazine rings is 1. The average Bonchev–Trinajstić information content (AvgIpc) is 2.81. The van der Waals surface area contributed by atoms with Gasteiger partial charge in [0.25, 0.3) is 0 Å². The number of amides is 1. The fraction of sp³-hybridized carbons (Fsp3) is 0.435. The first-order valence-corrected chi connectivity index (χ1v) is 12.3. The topological polar surface area (TPSA) is 60.9 Å². The molecule has 9 heteroatoms. The van der Waals surface area contributed by atoms with Crippen LogP contribution in [0.2, 0.25) is 0 Å². The van der Waals surface area contributed by atoms with E-state index in [4.69, 9.17) is 0 Å². The Morgan fingerprint density at radius 1 is 0.938 bits per heavy atom. The van der Waals surface area contributed by atoms with Gasteiger partial charge in [0.15, 0.2) is 0 Å². The number of halogens is 2. The Balaban J connectivity index is 1.34. The number of nitrogens with zero attached hydrogens (tertiary/aromatic N) is 3. The number of rotatable bonds is 5. The fourth-order valence-electron chi connectivity index (χ4n) is 4.37. The molecule has 1 amide bonds. The molecule has 2 aliphatic heterocycles. The summed E-state index contributed by atoms with van der Waals surface area (Å²) in [5, 5.41) is 0. The molecule has 172 valence electrons. The zero-order valence-corrected chi connectivity index (χ0v) is 18.6. The first-order chi connectivity index (χ1) is 15.3. The van der Waals surface area contributed by atoms with Crippen molar-refractivity contribution in [2.45, 2.75) is 24.3 Å². The Kier molecular flexibility index (Phi) is 6.88. The smallest absolute Gasteiger partial charge is 0.243 e. The van der Waals surface area contributed by atoms with Gasteiger partial charge in [-0.15, -0.1) is 0 Å². The van der Waals surface area contributed by atoms with E-state index in [-0.39, 0.29) is 23.2 Å². The highest BCUT2D eigenvalue weighted by Crippen LogP contribution is 2.26. The summed E-state index contributed by atoms with van der Waals surface area (Å²) in [6.45, 7) is 3.34. The van der Waals surface area contributed by atoms with Crippen LogP contribution in [0.15, 0.2) is 53.4 Å². The molecular formula is C23H27F2N3O3S. The molecule has 32 heavy (non-hydrogen) atoms. The number of benzene rings is 2. The second-order valence-corrected chi connectivity index (χ2v) is 10.3. The van der Waals surface area contributed by atoms with E-state index < -0.39 is 21.8 Å². The van der Waals surface area contributed by atoms with Gasteiger partial charge in [0, 0.05) is 51.4 Å². The van der Waals surface area contributed by atoms with Crippen molar-refractivity contribution in [3.05, 3.63) is 65.7 Å². The summed E-state index contributed by atoms with van der Waals surface area (Å²) >= 11 is 0. The maximum Gasteiger partial charge on any atom is 0.243 e. The van der Waals surface area contributed by atoms with Crippen LogP contribution in [-0.2, 0) is 21.4 Å². The SMILES string of the molecule is O=C([C@H]1CCCN(S(=O)(=O)c2ccc(F)cc2)C1)N1CCN(Cc2ccccc2F)CC1. The van der Waals surface area contributed by atoms with Gasteiger partial charge in [-0.1, -0.05) is 18.2 Å². The summed E-state index contributed by atoms with van der Waals surface area (Å²) < 4.78 is 54.3. The van der Waals surface area contributed by atoms with Gasteiger partial charge in [-0.2, -0.15) is 4.31 Å². The number of carbonyl (C=O) groups excluding carboxylic acids is 1. The van der Waals surface area contributed by atoms with E-state index in [0.717, 1.165) is 12.1 Å². The number of carbonyl (C=O) groups is 1. The minimum atomic E-state index is -3.77. The molecule has 2 heterocycles. The Morgan fingerprint density at radius 2 is 1.62 bits per heavy atom. The highest BCUT2D eigenvalue weighted by atomic mass is 32.2. The lowest BCUT2D eigenvalue weighted by Gasteiger charge is -2.38. The number of sulfonamides is 1. The molecule has 0 aromatic heterocycles. The number of piperidine rings is 1. The lowest BCUT2D eigenvalue weighted by Crippen LogP contribution is -2.52. The minimum Gasteiger partial charge on any atom is -0.340 e. The molecule has 0 bridgehead atoms. The molecule has 2 aliphatic rings. The van der Waals surface area contributed by atoms with Gasteiger partial charge in [0.05, 0.1) is 10.8 Å². The summed E-state index contributed by atoms with van der Waals surface area (Å²) in [5.41, 5.74) is 0.640. The summed E-state index contributed by atoms with van der Waals surface area (Å²) in [4.78, 5) is 17.0. The van der Waals surface area contributed by atoms with E-state index in [2.05, 4.69) is 4.90 Å². The number of hydrogen-bond acceptors (Lipinski definition) is 4. The molecule has 2 saturated heterocycles. The van der Waals surface area contributed by atoms with Gasteiger partial charge in [-0.05, 0) is 43.2 Å². The van der Waals surface area contributed by atoms with E-state index >= 15 is 0 Å². The fourth-order valence-corrected chi connectivity index (χ4v) is 5.89. The van der Waals surface area contributed by atoms with Crippen LogP contribution in [0.3, 0.4) is 0 Å². The van der Waals surface area contributed by atoms with Crippen molar-refractivity contribution in [2.24, 2.45) is 5.92 Å². The molecule has 2 aromatic rings. The van der Waals surface area contributed by atoms with Crippen LogP contribution >= 0.6 is 0 Å². The van der Waals surface area contributed by atoms with Gasteiger partial charge >= 0.3 is 0 Å². The van der Waals surface area contributed by atoms with E-state index in [1.807, 2.05) is 6.07 Å². The number of hydrogen-bond donors (Lipinski definition) is 0. The van der Waals surface area contributed by atoms with Gasteiger partial charge in [0.1, 0.15) is 11.6 Å². The molecule has 0 radical (unpaired) electrons. The summed E-state index contributed by atoms with van der Waals surface area (Å²) in [6, 6.07) is 11.5. The van der Waals surface area contributed by atoms with Crippen LogP contribution in [0.25, 0.3) is 0 Å². The highest BCUT2D eigenvalue weighted by Gasteiger charge is 2.35. The van der Waals surface area contributed by atoms with E-state index in [1.54, 1.807) is 17.0 Å². The van der Waals surface area contributed by atoms with Crippen molar-refractivity contribution in [1.29, 1.82) is 0 Å². The molecule has 4 rings (SSSR count). The van der Waals surface area contributed by atoms with Crippen molar-refractivity contribution in [1.82, 2.24) is 14.1 Å². The molecule has 0 spiro atoms.